The van der Waals surface area contributed by atoms with Crippen molar-refractivity contribution in [1.82, 2.24) is 49.8 Å². The normalized spacial score (nSPS) is 17.6. The predicted molar refractivity (Wildman–Crippen MR) is 360 cm³/mol. The minimum absolute atomic E-state index is 0.0490. The Morgan fingerprint density at radius 2 is 0.922 bits per heavy atom. The van der Waals surface area contributed by atoms with Crippen molar-refractivity contribution in [2.24, 2.45) is 35.5 Å². The fraction of sp³-hybridized carbons (Fsp3) is 0.600. The number of rotatable bonds is 30. The van der Waals surface area contributed by atoms with Gasteiger partial charge in [0.2, 0.25) is 11.8 Å². The van der Waals surface area contributed by atoms with E-state index in [1.807, 2.05) is 56.6 Å². The number of nitrogens with zero attached hydrogens (tertiary/aromatic N) is 8. The quantitative estimate of drug-likeness (QED) is 0.0248. The molecule has 4 amide bonds. The van der Waals surface area contributed by atoms with Crippen LogP contribution in [0.3, 0.4) is 0 Å². The molecule has 18 nitrogen and oxygen atoms in total. The maximum absolute atomic E-state index is 13.9. The highest BCUT2D eigenvalue weighted by molar-refractivity contribution is 6.76. The first-order valence-corrected chi connectivity index (χ1v) is 41.2. The van der Waals surface area contributed by atoms with Gasteiger partial charge in [-0.15, -0.1) is 0 Å². The molecule has 484 valence electrons. The van der Waals surface area contributed by atoms with Crippen LogP contribution in [0.15, 0.2) is 73.1 Å². The molecule has 0 spiro atoms. The van der Waals surface area contributed by atoms with E-state index in [9.17, 15) is 19.2 Å². The molecule has 6 aliphatic rings. The van der Waals surface area contributed by atoms with Crippen LogP contribution < -0.4 is 21.3 Å². The number of ether oxygens (including phenoxy) is 2. The summed E-state index contributed by atoms with van der Waals surface area (Å²) < 4.78 is 19.6. The van der Waals surface area contributed by atoms with E-state index in [-0.39, 0.29) is 47.5 Å². The van der Waals surface area contributed by atoms with Gasteiger partial charge in [0.05, 0.1) is 17.1 Å². The van der Waals surface area contributed by atoms with Gasteiger partial charge in [0.1, 0.15) is 36.9 Å². The van der Waals surface area contributed by atoms with Crippen LogP contribution >= 0.6 is 0 Å². The van der Waals surface area contributed by atoms with Crippen LogP contribution in [0, 0.1) is 49.4 Å². The predicted octanol–water partition coefficient (Wildman–Crippen LogP) is 14.0. The lowest BCUT2D eigenvalue weighted by atomic mass is 9.88. The Kier molecular flexibility index (Phi) is 19.8. The molecular weight excluding hydrogens is 1160 g/mol. The van der Waals surface area contributed by atoms with Crippen LogP contribution in [0.2, 0.25) is 51.4 Å². The summed E-state index contributed by atoms with van der Waals surface area (Å²) in [5.74, 6) is 2.52. The third kappa shape index (κ3) is 16.4. The van der Waals surface area contributed by atoms with Gasteiger partial charge in [-0.25, -0.2) is 9.36 Å². The lowest BCUT2D eigenvalue weighted by Crippen LogP contribution is -2.50. The summed E-state index contributed by atoms with van der Waals surface area (Å²) >= 11 is 0. The molecule has 0 radical (unpaired) electrons. The van der Waals surface area contributed by atoms with E-state index in [0.717, 1.165) is 116 Å². The Labute approximate surface area is 535 Å². The standard InChI is InChI=1S/2C35H50N6O3Si/c1-22(2)41-29(17-18-36-41)34(42)38-32(31(25-7-8-25)26-9-10-26)35(43)37-28-15-13-24(14-16-28)30-23(3)39-40(33(30)27-11-12-27)21-44-19-20-45(4,5)6;1-22(2)41-29(17-18-36-41)34(42)38-33(31(25-7-8-25)26-9-10-26)35(43)37-28-15-13-24(14-16-28)30-23(3)40(39-32(30)27-11-12-27)21-44-19-20-45(4,5)6/h13-18,22,25-27,31-32H,7-12,19-21H2,1-6H3,(H,37,43)(H,38,42);13-18,22,25-27,31,33H,7-12,19-21H2,1-6H3,(H,37,43)(H,38,42)/t32-;33-/m00/s1. The number of anilines is 2. The first-order chi connectivity index (χ1) is 43.0. The molecule has 90 heavy (non-hydrogen) atoms. The van der Waals surface area contributed by atoms with Gasteiger partial charge in [0.25, 0.3) is 11.8 Å². The molecule has 6 aliphatic carbocycles. The Balaban J connectivity index is 0.000000185. The van der Waals surface area contributed by atoms with Gasteiger partial charge in [-0.05, 0) is 214 Å². The largest absolute Gasteiger partial charge is 0.360 e. The SMILES string of the molecule is Cc1c(-c2ccc(NC(=O)[C@@H](NC(=O)c3ccnn3C(C)C)C(C3CC3)C3CC3)cc2)c(C2CC2)nn1COCC[Si](C)(C)C.Cc1nn(COCC[Si](C)(C)C)c(C2CC2)c1-c1ccc(NC(=O)[C@@H](NC(=O)c2ccnn2C(C)C)C(C2CC2)C2CC2)cc1. The molecule has 4 heterocycles. The van der Waals surface area contributed by atoms with E-state index in [4.69, 9.17) is 19.7 Å². The molecule has 12 rings (SSSR count). The van der Waals surface area contributed by atoms with Crippen molar-refractivity contribution in [3.63, 3.8) is 0 Å². The van der Waals surface area contributed by atoms with E-state index in [0.29, 0.717) is 60.4 Å². The third-order valence-corrected chi connectivity index (χ3v) is 22.4. The van der Waals surface area contributed by atoms with Crippen LogP contribution in [0.1, 0.15) is 172 Å². The van der Waals surface area contributed by atoms with Crippen molar-refractivity contribution in [1.29, 1.82) is 0 Å². The van der Waals surface area contributed by atoms with Gasteiger partial charge in [-0.2, -0.15) is 20.4 Å². The zero-order valence-electron chi connectivity index (χ0n) is 55.6. The highest BCUT2D eigenvalue weighted by Gasteiger charge is 2.50. The molecule has 0 bridgehead atoms. The molecule has 6 saturated carbocycles. The highest BCUT2D eigenvalue weighted by atomic mass is 28.3. The van der Waals surface area contributed by atoms with Crippen molar-refractivity contribution in [3.8, 4) is 22.3 Å². The summed E-state index contributed by atoms with van der Waals surface area (Å²) in [6.45, 7) is 28.9. The average Bonchev–Trinajstić information content (AvgIpc) is 1.74. The minimum atomic E-state index is -1.15. The molecule has 0 unspecified atom stereocenters. The summed E-state index contributed by atoms with van der Waals surface area (Å²) in [6.07, 6.45) is 17.0. The molecule has 0 saturated heterocycles. The molecule has 6 aromatic rings. The summed E-state index contributed by atoms with van der Waals surface area (Å²) in [6, 6.07) is 20.9. The number of benzene rings is 2. The number of carbonyl (C=O) groups excluding carboxylic acids is 4. The number of aromatic nitrogens is 8. The summed E-state index contributed by atoms with van der Waals surface area (Å²) in [7, 11) is -2.30. The van der Waals surface area contributed by atoms with Crippen molar-refractivity contribution < 1.29 is 28.7 Å². The maximum atomic E-state index is 13.9. The molecular formula is C70H100N12O6Si2. The number of nitrogens with one attached hydrogen (secondary N) is 4. The third-order valence-electron chi connectivity index (χ3n) is 19.0. The zero-order chi connectivity index (χ0) is 63.8. The van der Waals surface area contributed by atoms with E-state index in [1.54, 1.807) is 33.9 Å². The number of hydrogen-bond donors (Lipinski definition) is 4. The Hall–Kier alpha value is -6.49. The van der Waals surface area contributed by atoms with Crippen LogP contribution in [0.4, 0.5) is 11.4 Å². The average molecular weight is 1260 g/mol. The summed E-state index contributed by atoms with van der Waals surface area (Å²) in [5, 5.41) is 31.2. The van der Waals surface area contributed by atoms with E-state index >= 15 is 0 Å². The first-order valence-electron chi connectivity index (χ1n) is 33.8. The van der Waals surface area contributed by atoms with Crippen molar-refractivity contribution in [2.75, 3.05) is 23.8 Å². The lowest BCUT2D eigenvalue weighted by Gasteiger charge is -2.28. The van der Waals surface area contributed by atoms with Crippen LogP contribution in [0.25, 0.3) is 22.3 Å². The number of carbonyl (C=O) groups is 4. The second-order valence-electron chi connectivity index (χ2n) is 30.0. The maximum Gasteiger partial charge on any atom is 0.270 e. The van der Waals surface area contributed by atoms with Gasteiger partial charge in [0.15, 0.2) is 0 Å². The molecule has 2 aromatic carbocycles. The zero-order valence-corrected chi connectivity index (χ0v) is 57.6. The second-order valence-corrected chi connectivity index (χ2v) is 41.2. The topological polar surface area (TPSA) is 206 Å². The number of aryl methyl sites for hydroxylation is 1. The lowest BCUT2D eigenvalue weighted by molar-refractivity contribution is -0.120. The van der Waals surface area contributed by atoms with Gasteiger partial charge >= 0.3 is 0 Å². The highest BCUT2D eigenvalue weighted by Crippen LogP contribution is 2.53. The summed E-state index contributed by atoms with van der Waals surface area (Å²) in [4.78, 5) is 54.8. The monoisotopic (exact) mass is 1260 g/mol. The second kappa shape index (κ2) is 27.4. The van der Waals surface area contributed by atoms with Crippen molar-refractivity contribution in [2.45, 2.75) is 219 Å². The Morgan fingerprint density at radius 3 is 1.30 bits per heavy atom. The van der Waals surface area contributed by atoms with E-state index in [1.165, 1.54) is 42.5 Å². The van der Waals surface area contributed by atoms with E-state index in [2.05, 4.69) is 114 Å². The van der Waals surface area contributed by atoms with Crippen LogP contribution in [0.5, 0.6) is 0 Å². The van der Waals surface area contributed by atoms with Crippen molar-refractivity contribution >= 4 is 51.2 Å². The van der Waals surface area contributed by atoms with Gasteiger partial charge < -0.3 is 30.7 Å². The smallest absolute Gasteiger partial charge is 0.270 e. The molecule has 2 atom stereocenters. The fourth-order valence-electron chi connectivity index (χ4n) is 13.2. The molecule has 20 heteroatoms. The molecule has 6 fully saturated rings. The van der Waals surface area contributed by atoms with Crippen LogP contribution in [-0.2, 0) is 32.5 Å². The van der Waals surface area contributed by atoms with Gasteiger partial charge in [-0.3, -0.25) is 28.5 Å². The Morgan fingerprint density at radius 1 is 0.522 bits per heavy atom. The first kappa shape index (κ1) is 65.0. The molecule has 4 aromatic heterocycles. The Bertz CT molecular complexity index is 3300. The van der Waals surface area contributed by atoms with Crippen LogP contribution in [-0.4, -0.2) is 104 Å². The number of amides is 4. The molecule has 0 aliphatic heterocycles. The molecule has 4 N–H and O–H groups in total. The van der Waals surface area contributed by atoms with Crippen molar-refractivity contribution in [3.05, 3.63) is 107 Å². The minimum Gasteiger partial charge on any atom is -0.360 e. The summed E-state index contributed by atoms with van der Waals surface area (Å²) in [5.41, 5.74) is 11.5. The fourth-order valence-corrected chi connectivity index (χ4v) is 14.7. The van der Waals surface area contributed by atoms with E-state index < -0.39 is 28.2 Å². The van der Waals surface area contributed by atoms with Gasteiger partial charge in [-0.1, -0.05) is 63.5 Å². The van der Waals surface area contributed by atoms with Gasteiger partial charge in [0, 0.05) is 93.9 Å². The number of hydrogen-bond acceptors (Lipinski definition) is 10.